The summed E-state index contributed by atoms with van der Waals surface area (Å²) >= 11 is 0. The van der Waals surface area contributed by atoms with Crippen molar-refractivity contribution in [1.82, 2.24) is 24.3 Å². The van der Waals surface area contributed by atoms with Gasteiger partial charge in [-0.2, -0.15) is 4.98 Å². The van der Waals surface area contributed by atoms with E-state index in [2.05, 4.69) is 15.3 Å². The Kier molecular flexibility index (Phi) is 7.62. The van der Waals surface area contributed by atoms with Crippen LogP contribution in [0.3, 0.4) is 0 Å². The van der Waals surface area contributed by atoms with E-state index in [4.69, 9.17) is 9.40 Å². The van der Waals surface area contributed by atoms with E-state index in [1.165, 1.54) is 42.7 Å². The van der Waals surface area contributed by atoms with E-state index < -0.39 is 0 Å². The van der Waals surface area contributed by atoms with Crippen molar-refractivity contribution in [3.05, 3.63) is 90.5 Å². The molecule has 1 amide bonds. The van der Waals surface area contributed by atoms with Crippen LogP contribution in [0.4, 0.5) is 14.7 Å². The number of oxazole rings is 1. The molecular weight excluding hydrogens is 502 g/mol. The van der Waals surface area contributed by atoms with Gasteiger partial charge in [0.25, 0.3) is 5.91 Å². The fourth-order valence-electron chi connectivity index (χ4n) is 4.64. The number of likely N-dealkylation sites (tertiary alicyclic amines) is 1. The molecule has 0 spiro atoms. The number of aromatic nitrogens is 4. The van der Waals surface area contributed by atoms with Crippen molar-refractivity contribution >= 4 is 17.7 Å². The molecule has 0 saturated carbocycles. The molecule has 0 radical (unpaired) electrons. The molecule has 1 atom stereocenters. The smallest absolute Gasteiger partial charge is 0.306 e. The first-order valence-corrected chi connectivity index (χ1v) is 12.9. The van der Waals surface area contributed by atoms with Gasteiger partial charge in [-0.05, 0) is 67.4 Å². The van der Waals surface area contributed by atoms with Crippen LogP contribution in [-0.4, -0.2) is 49.3 Å². The highest BCUT2D eigenvalue weighted by Gasteiger charge is 2.26. The number of piperidine rings is 1. The van der Waals surface area contributed by atoms with Gasteiger partial charge in [0.2, 0.25) is 5.95 Å². The zero-order valence-corrected chi connectivity index (χ0v) is 21.6. The summed E-state index contributed by atoms with van der Waals surface area (Å²) in [5.74, 6) is -0.0279. The number of halogens is 2. The Balaban J connectivity index is 0.00000151. The SMILES string of the molecule is CC.O=C(c1ccc(F)cc1)N1CCCC(Nc2nccc(-c3c(-c4ccc(F)cc4)nc4occn34)n2)C1. The lowest BCUT2D eigenvalue weighted by Gasteiger charge is -2.33. The van der Waals surface area contributed by atoms with Gasteiger partial charge in [-0.3, -0.25) is 9.20 Å². The van der Waals surface area contributed by atoms with Gasteiger partial charge in [0.1, 0.15) is 29.3 Å². The number of benzene rings is 2. The van der Waals surface area contributed by atoms with E-state index >= 15 is 0 Å². The molecule has 5 aromatic rings. The first kappa shape index (κ1) is 26.0. The number of anilines is 1. The third-order valence-corrected chi connectivity index (χ3v) is 6.41. The van der Waals surface area contributed by atoms with Gasteiger partial charge >= 0.3 is 5.84 Å². The van der Waals surface area contributed by atoms with Crippen LogP contribution < -0.4 is 5.32 Å². The fraction of sp³-hybridized carbons (Fsp3) is 0.241. The Bertz CT molecular complexity index is 1560. The van der Waals surface area contributed by atoms with Crippen molar-refractivity contribution in [3.8, 4) is 22.6 Å². The molecule has 1 unspecified atom stereocenters. The molecule has 4 heterocycles. The van der Waals surface area contributed by atoms with Gasteiger partial charge in [-0.1, -0.05) is 13.8 Å². The van der Waals surface area contributed by atoms with Gasteiger partial charge in [-0.15, -0.1) is 0 Å². The fourth-order valence-corrected chi connectivity index (χ4v) is 4.64. The van der Waals surface area contributed by atoms with Crippen molar-refractivity contribution in [2.24, 2.45) is 0 Å². The van der Waals surface area contributed by atoms with Crippen molar-refractivity contribution in [2.45, 2.75) is 32.7 Å². The number of fused-ring (bicyclic) bond motifs is 1. The number of imidazole rings is 1. The van der Waals surface area contributed by atoms with Crippen molar-refractivity contribution in [1.29, 1.82) is 0 Å². The Labute approximate surface area is 224 Å². The van der Waals surface area contributed by atoms with Crippen LogP contribution in [0, 0.1) is 11.6 Å². The minimum absolute atomic E-state index is 0.0515. The van der Waals surface area contributed by atoms with Crippen LogP contribution in [0.15, 0.2) is 77.7 Å². The molecule has 6 rings (SSSR count). The Hall–Kier alpha value is -4.60. The van der Waals surface area contributed by atoms with Crippen LogP contribution >= 0.6 is 0 Å². The summed E-state index contributed by atoms with van der Waals surface area (Å²) in [6, 6.07) is 13.4. The predicted octanol–water partition coefficient (Wildman–Crippen LogP) is 6.07. The maximum atomic E-state index is 13.5. The number of amides is 1. The van der Waals surface area contributed by atoms with E-state index in [9.17, 15) is 13.6 Å². The third-order valence-electron chi connectivity index (χ3n) is 6.41. The Morgan fingerprint density at radius 2 is 1.72 bits per heavy atom. The molecule has 8 nitrogen and oxygen atoms in total. The maximum absolute atomic E-state index is 13.5. The number of nitrogens with zero attached hydrogens (tertiary/aromatic N) is 5. The minimum Gasteiger partial charge on any atom is -0.432 e. The van der Waals surface area contributed by atoms with E-state index in [1.54, 1.807) is 39.9 Å². The lowest BCUT2D eigenvalue weighted by atomic mass is 10.0. The highest BCUT2D eigenvalue weighted by Crippen LogP contribution is 2.32. The first-order chi connectivity index (χ1) is 19.0. The number of hydrogen-bond donors (Lipinski definition) is 1. The van der Waals surface area contributed by atoms with Crippen molar-refractivity contribution in [2.75, 3.05) is 18.4 Å². The van der Waals surface area contributed by atoms with Crippen LogP contribution in [0.5, 0.6) is 0 Å². The van der Waals surface area contributed by atoms with E-state index in [0.717, 1.165) is 18.4 Å². The average molecular weight is 531 g/mol. The number of nitrogens with one attached hydrogen (secondary N) is 1. The average Bonchev–Trinajstić information content (AvgIpc) is 3.57. The molecule has 1 N–H and O–H groups in total. The summed E-state index contributed by atoms with van der Waals surface area (Å²) < 4.78 is 34.1. The topological polar surface area (TPSA) is 88.6 Å². The lowest BCUT2D eigenvalue weighted by molar-refractivity contribution is 0.0714. The molecule has 1 fully saturated rings. The van der Waals surface area contributed by atoms with Crippen LogP contribution in [-0.2, 0) is 0 Å². The van der Waals surface area contributed by atoms with Gasteiger partial charge in [0.05, 0.1) is 5.69 Å². The second-order valence-corrected chi connectivity index (χ2v) is 8.88. The summed E-state index contributed by atoms with van der Waals surface area (Å²) in [5.41, 5.74) is 3.10. The number of rotatable bonds is 5. The largest absolute Gasteiger partial charge is 0.432 e. The molecule has 0 bridgehead atoms. The van der Waals surface area contributed by atoms with Gasteiger partial charge in [0, 0.05) is 42.7 Å². The first-order valence-electron chi connectivity index (χ1n) is 12.9. The zero-order chi connectivity index (χ0) is 27.4. The Morgan fingerprint density at radius 3 is 2.46 bits per heavy atom. The lowest BCUT2D eigenvalue weighted by Crippen LogP contribution is -2.45. The second-order valence-electron chi connectivity index (χ2n) is 8.88. The number of carbonyl (C=O) groups is 1. The van der Waals surface area contributed by atoms with Crippen molar-refractivity contribution < 1.29 is 18.0 Å². The minimum atomic E-state index is -0.375. The molecule has 1 saturated heterocycles. The molecule has 3 aromatic heterocycles. The Morgan fingerprint density at radius 1 is 1.00 bits per heavy atom. The van der Waals surface area contributed by atoms with E-state index in [0.29, 0.717) is 47.5 Å². The van der Waals surface area contributed by atoms with Crippen LogP contribution in [0.1, 0.15) is 37.0 Å². The second kappa shape index (κ2) is 11.4. The van der Waals surface area contributed by atoms with E-state index in [1.807, 2.05) is 13.8 Å². The van der Waals surface area contributed by atoms with Gasteiger partial charge in [0.15, 0.2) is 0 Å². The van der Waals surface area contributed by atoms with Crippen LogP contribution in [0.2, 0.25) is 0 Å². The number of hydrogen-bond acceptors (Lipinski definition) is 6. The summed E-state index contributed by atoms with van der Waals surface area (Å²) in [7, 11) is 0. The monoisotopic (exact) mass is 530 g/mol. The van der Waals surface area contributed by atoms with Crippen molar-refractivity contribution in [3.63, 3.8) is 0 Å². The highest BCUT2D eigenvalue weighted by atomic mass is 19.1. The summed E-state index contributed by atoms with van der Waals surface area (Å²) in [6.07, 6.45) is 6.61. The summed E-state index contributed by atoms with van der Waals surface area (Å²) in [6.45, 7) is 5.11. The van der Waals surface area contributed by atoms with E-state index in [-0.39, 0.29) is 23.6 Å². The predicted molar refractivity (Wildman–Crippen MR) is 144 cm³/mol. The molecule has 2 aromatic carbocycles. The summed E-state index contributed by atoms with van der Waals surface area (Å²) in [5, 5.41) is 3.36. The van der Waals surface area contributed by atoms with Crippen LogP contribution in [0.25, 0.3) is 28.5 Å². The quantitative estimate of drug-likeness (QED) is 0.297. The maximum Gasteiger partial charge on any atom is 0.306 e. The molecule has 39 heavy (non-hydrogen) atoms. The molecule has 10 heteroatoms. The normalized spacial score (nSPS) is 15.1. The molecular formula is C29H28F2N6O2. The highest BCUT2D eigenvalue weighted by molar-refractivity contribution is 5.94. The number of carbonyl (C=O) groups excluding carboxylic acids is 1. The van der Waals surface area contributed by atoms with Gasteiger partial charge < -0.3 is 14.6 Å². The molecule has 1 aliphatic rings. The standard InChI is InChI=1S/C27H22F2N6O2.C2H6/c28-19-7-3-17(4-8-19)23-24(35-14-15-37-27(35)33-23)22-11-12-30-26(32-22)31-21-2-1-13-34(16-21)25(36)18-5-9-20(29)10-6-18;1-2/h3-12,14-15,21H,1-2,13,16H2,(H,30,31,32);1-2H3. The zero-order valence-electron chi connectivity index (χ0n) is 21.6. The summed E-state index contributed by atoms with van der Waals surface area (Å²) in [4.78, 5) is 28.4. The molecule has 0 aliphatic carbocycles. The van der Waals surface area contributed by atoms with Gasteiger partial charge in [-0.25, -0.2) is 18.7 Å². The third kappa shape index (κ3) is 5.50. The molecule has 1 aliphatic heterocycles. The molecule has 200 valence electrons.